The van der Waals surface area contributed by atoms with Crippen molar-refractivity contribution in [2.45, 2.75) is 32.3 Å². The Hall–Kier alpha value is -1.39. The summed E-state index contributed by atoms with van der Waals surface area (Å²) in [5, 5.41) is 2.92. The molecule has 2 rings (SSSR count). The molecule has 1 aliphatic heterocycles. The molecule has 1 atom stereocenters. The van der Waals surface area contributed by atoms with Gasteiger partial charge in [-0.15, -0.1) is 0 Å². The van der Waals surface area contributed by atoms with Crippen LogP contribution >= 0.6 is 0 Å². The Morgan fingerprint density at radius 1 is 1.45 bits per heavy atom. The first-order chi connectivity index (χ1) is 9.77. The first-order valence-electron chi connectivity index (χ1n) is 7.30. The topological polar surface area (TPSA) is 47.6 Å². The Bertz CT molecular complexity index is 427. The van der Waals surface area contributed by atoms with Crippen LogP contribution in [0.5, 0.6) is 0 Å². The molecule has 0 aromatic heterocycles. The van der Waals surface area contributed by atoms with Crippen molar-refractivity contribution in [1.29, 1.82) is 0 Å². The minimum atomic E-state index is -0.0118. The number of amides is 1. The molecule has 0 radical (unpaired) electrons. The third-order valence-corrected chi connectivity index (χ3v) is 3.47. The molecule has 1 saturated heterocycles. The van der Waals surface area contributed by atoms with Crippen LogP contribution in [-0.4, -0.2) is 38.4 Å². The van der Waals surface area contributed by atoms with Gasteiger partial charge in [-0.2, -0.15) is 0 Å². The number of benzene rings is 1. The van der Waals surface area contributed by atoms with Crippen LogP contribution in [0.4, 0.5) is 0 Å². The smallest absolute Gasteiger partial charge is 0.251 e. The largest absolute Gasteiger partial charge is 0.379 e. The van der Waals surface area contributed by atoms with Gasteiger partial charge in [0.25, 0.3) is 5.91 Å². The first-order valence-corrected chi connectivity index (χ1v) is 7.30. The monoisotopic (exact) mass is 277 g/mol. The van der Waals surface area contributed by atoms with Crippen LogP contribution in [0.15, 0.2) is 24.3 Å². The van der Waals surface area contributed by atoms with Crippen molar-refractivity contribution in [1.82, 2.24) is 5.32 Å². The van der Waals surface area contributed by atoms with Gasteiger partial charge < -0.3 is 14.8 Å². The highest BCUT2D eigenvalue weighted by molar-refractivity contribution is 5.95. The zero-order chi connectivity index (χ0) is 14.2. The van der Waals surface area contributed by atoms with Gasteiger partial charge in [0.1, 0.15) is 0 Å². The SMILES string of the molecule is Cc1ccccc1C(=O)NCCCOC[C@@H]1CCCO1. The third-order valence-electron chi connectivity index (χ3n) is 3.47. The summed E-state index contributed by atoms with van der Waals surface area (Å²) in [5.74, 6) is -0.0118. The van der Waals surface area contributed by atoms with Gasteiger partial charge in [-0.1, -0.05) is 18.2 Å². The lowest BCUT2D eigenvalue weighted by atomic mass is 10.1. The third kappa shape index (κ3) is 4.62. The molecule has 0 saturated carbocycles. The molecule has 1 fully saturated rings. The molecule has 0 aliphatic carbocycles. The van der Waals surface area contributed by atoms with E-state index in [9.17, 15) is 4.79 Å². The zero-order valence-electron chi connectivity index (χ0n) is 12.1. The minimum absolute atomic E-state index is 0.0118. The molecular formula is C16H23NO3. The summed E-state index contributed by atoms with van der Waals surface area (Å²) in [6, 6.07) is 7.61. The second-order valence-electron chi connectivity index (χ2n) is 5.13. The van der Waals surface area contributed by atoms with E-state index in [2.05, 4.69) is 5.32 Å². The summed E-state index contributed by atoms with van der Waals surface area (Å²) < 4.78 is 11.0. The molecule has 20 heavy (non-hydrogen) atoms. The lowest BCUT2D eigenvalue weighted by molar-refractivity contribution is 0.0166. The number of nitrogens with one attached hydrogen (secondary N) is 1. The number of hydrogen-bond donors (Lipinski definition) is 1. The fraction of sp³-hybridized carbons (Fsp3) is 0.562. The van der Waals surface area contributed by atoms with Gasteiger partial charge in [0.15, 0.2) is 0 Å². The summed E-state index contributed by atoms with van der Waals surface area (Å²) in [7, 11) is 0. The van der Waals surface area contributed by atoms with Crippen molar-refractivity contribution in [3.63, 3.8) is 0 Å². The fourth-order valence-corrected chi connectivity index (χ4v) is 2.29. The molecule has 4 heteroatoms. The number of ether oxygens (including phenoxy) is 2. The summed E-state index contributed by atoms with van der Waals surface area (Å²) >= 11 is 0. The van der Waals surface area contributed by atoms with Gasteiger partial charge in [0.05, 0.1) is 12.7 Å². The van der Waals surface area contributed by atoms with Crippen LogP contribution in [0.25, 0.3) is 0 Å². The molecule has 1 aromatic carbocycles. The average Bonchev–Trinajstić information content (AvgIpc) is 2.96. The second-order valence-corrected chi connectivity index (χ2v) is 5.13. The first kappa shape index (κ1) is 15.0. The van der Waals surface area contributed by atoms with E-state index in [4.69, 9.17) is 9.47 Å². The number of hydrogen-bond acceptors (Lipinski definition) is 3. The molecule has 1 heterocycles. The summed E-state index contributed by atoms with van der Waals surface area (Å²) in [4.78, 5) is 11.9. The van der Waals surface area contributed by atoms with Crippen molar-refractivity contribution < 1.29 is 14.3 Å². The van der Waals surface area contributed by atoms with Gasteiger partial charge in [-0.05, 0) is 37.8 Å². The Morgan fingerprint density at radius 2 is 2.30 bits per heavy atom. The van der Waals surface area contributed by atoms with Crippen molar-refractivity contribution in [3.05, 3.63) is 35.4 Å². The van der Waals surface area contributed by atoms with Crippen LogP contribution in [0.1, 0.15) is 35.2 Å². The molecule has 1 amide bonds. The second kappa shape index (κ2) is 8.02. The lowest BCUT2D eigenvalue weighted by Gasteiger charge is -2.10. The maximum atomic E-state index is 11.9. The van der Waals surface area contributed by atoms with E-state index in [0.717, 1.165) is 37.0 Å². The van der Waals surface area contributed by atoms with E-state index in [1.54, 1.807) is 0 Å². The van der Waals surface area contributed by atoms with Gasteiger partial charge >= 0.3 is 0 Å². The predicted octanol–water partition coefficient (Wildman–Crippen LogP) is 2.31. The molecule has 110 valence electrons. The fourth-order valence-electron chi connectivity index (χ4n) is 2.29. The van der Waals surface area contributed by atoms with Crippen molar-refractivity contribution >= 4 is 5.91 Å². The average molecular weight is 277 g/mol. The Kier molecular flexibility index (Phi) is 6.02. The van der Waals surface area contributed by atoms with Crippen molar-refractivity contribution in [3.8, 4) is 0 Å². The van der Waals surface area contributed by atoms with Crippen LogP contribution < -0.4 is 5.32 Å². The molecule has 0 bridgehead atoms. The standard InChI is InChI=1S/C16H23NO3/c1-13-6-2-3-8-15(13)16(18)17-9-5-10-19-12-14-7-4-11-20-14/h2-3,6,8,14H,4-5,7,9-12H2,1H3,(H,17,18)/t14-/m0/s1. The molecule has 4 nitrogen and oxygen atoms in total. The molecular weight excluding hydrogens is 254 g/mol. The quantitative estimate of drug-likeness (QED) is 0.778. The number of carbonyl (C=O) groups excluding carboxylic acids is 1. The number of aryl methyl sites for hydroxylation is 1. The van der Waals surface area contributed by atoms with Crippen LogP contribution in [0.2, 0.25) is 0 Å². The van der Waals surface area contributed by atoms with Crippen molar-refractivity contribution in [2.24, 2.45) is 0 Å². The Labute approximate surface area is 120 Å². The van der Waals surface area contributed by atoms with Gasteiger partial charge in [-0.3, -0.25) is 4.79 Å². The van der Waals surface area contributed by atoms with E-state index < -0.39 is 0 Å². The summed E-state index contributed by atoms with van der Waals surface area (Å²) in [6.45, 7) is 4.78. The van der Waals surface area contributed by atoms with E-state index in [0.29, 0.717) is 19.8 Å². The maximum Gasteiger partial charge on any atom is 0.251 e. The van der Waals surface area contributed by atoms with Crippen LogP contribution in [0.3, 0.4) is 0 Å². The van der Waals surface area contributed by atoms with Gasteiger partial charge in [0, 0.05) is 25.3 Å². The lowest BCUT2D eigenvalue weighted by Crippen LogP contribution is -2.26. The minimum Gasteiger partial charge on any atom is -0.379 e. The highest BCUT2D eigenvalue weighted by Gasteiger charge is 2.15. The highest BCUT2D eigenvalue weighted by atomic mass is 16.5. The zero-order valence-corrected chi connectivity index (χ0v) is 12.1. The summed E-state index contributed by atoms with van der Waals surface area (Å²) in [6.07, 6.45) is 3.34. The van der Waals surface area contributed by atoms with Crippen molar-refractivity contribution in [2.75, 3.05) is 26.4 Å². The predicted molar refractivity (Wildman–Crippen MR) is 77.9 cm³/mol. The number of rotatable bonds is 7. The van der Waals surface area contributed by atoms with E-state index in [-0.39, 0.29) is 12.0 Å². The normalized spacial score (nSPS) is 18.1. The maximum absolute atomic E-state index is 11.9. The molecule has 0 spiro atoms. The van der Waals surface area contributed by atoms with E-state index in [1.807, 2.05) is 31.2 Å². The van der Waals surface area contributed by atoms with Gasteiger partial charge in [-0.25, -0.2) is 0 Å². The number of carbonyl (C=O) groups is 1. The molecule has 1 N–H and O–H groups in total. The van der Waals surface area contributed by atoms with Crippen LogP contribution in [0, 0.1) is 6.92 Å². The molecule has 0 unspecified atom stereocenters. The Morgan fingerprint density at radius 3 is 3.05 bits per heavy atom. The summed E-state index contributed by atoms with van der Waals surface area (Å²) in [5.41, 5.74) is 1.74. The van der Waals surface area contributed by atoms with Crippen LogP contribution in [-0.2, 0) is 9.47 Å². The van der Waals surface area contributed by atoms with E-state index >= 15 is 0 Å². The highest BCUT2D eigenvalue weighted by Crippen LogP contribution is 2.11. The van der Waals surface area contributed by atoms with Gasteiger partial charge in [0.2, 0.25) is 0 Å². The molecule has 1 aliphatic rings. The van der Waals surface area contributed by atoms with E-state index in [1.165, 1.54) is 0 Å². The Balaban J connectivity index is 1.56. The molecule has 1 aromatic rings.